The zero-order valence-corrected chi connectivity index (χ0v) is 12.8. The van der Waals surface area contributed by atoms with Gasteiger partial charge in [-0.2, -0.15) is 0 Å². The minimum Gasteiger partial charge on any atom is -0.490 e. The minimum atomic E-state index is -0.478. The molecular formula is C15H15BrN2O3. The molecule has 4 N–H and O–H groups in total. The average molecular weight is 351 g/mol. The predicted molar refractivity (Wildman–Crippen MR) is 85.2 cm³/mol. The van der Waals surface area contributed by atoms with Gasteiger partial charge in [0.15, 0.2) is 0 Å². The van der Waals surface area contributed by atoms with Gasteiger partial charge in [0.2, 0.25) is 0 Å². The lowest BCUT2D eigenvalue weighted by Crippen LogP contribution is -2.13. The Morgan fingerprint density at radius 3 is 2.24 bits per heavy atom. The van der Waals surface area contributed by atoms with Crippen molar-refractivity contribution < 1.29 is 14.3 Å². The van der Waals surface area contributed by atoms with Crippen LogP contribution in [0.5, 0.6) is 5.75 Å². The fourth-order valence-corrected chi connectivity index (χ4v) is 1.97. The lowest BCUT2D eigenvalue weighted by atomic mass is 10.2. The second-order valence-electron chi connectivity index (χ2n) is 4.33. The number of anilines is 2. The fourth-order valence-electron chi connectivity index (χ4n) is 1.70. The van der Waals surface area contributed by atoms with E-state index in [0.29, 0.717) is 22.7 Å². The number of nitrogen functional groups attached to an aromatic ring is 2. The van der Waals surface area contributed by atoms with Gasteiger partial charge >= 0.3 is 5.97 Å². The second-order valence-corrected chi connectivity index (χ2v) is 5.24. The van der Waals surface area contributed by atoms with Crippen LogP contribution in [0, 0.1) is 0 Å². The highest BCUT2D eigenvalue weighted by molar-refractivity contribution is 9.10. The smallest absolute Gasteiger partial charge is 0.338 e. The molecule has 0 unspecified atom stereocenters. The molecule has 5 nitrogen and oxygen atoms in total. The van der Waals surface area contributed by atoms with Crippen molar-refractivity contribution in [3.8, 4) is 5.75 Å². The van der Waals surface area contributed by atoms with Crippen LogP contribution >= 0.6 is 15.9 Å². The normalized spacial score (nSPS) is 10.1. The molecule has 0 radical (unpaired) electrons. The molecule has 0 aromatic heterocycles. The molecule has 0 saturated carbocycles. The Morgan fingerprint density at radius 1 is 1.00 bits per heavy atom. The number of esters is 1. The molecule has 6 heteroatoms. The van der Waals surface area contributed by atoms with E-state index in [9.17, 15) is 4.79 Å². The lowest BCUT2D eigenvalue weighted by Gasteiger charge is -2.08. The van der Waals surface area contributed by atoms with Crippen LogP contribution in [0.1, 0.15) is 10.4 Å². The van der Waals surface area contributed by atoms with Gasteiger partial charge < -0.3 is 20.9 Å². The molecule has 2 aromatic carbocycles. The Hall–Kier alpha value is -2.21. The Morgan fingerprint density at radius 2 is 1.62 bits per heavy atom. The molecule has 2 rings (SSSR count). The van der Waals surface area contributed by atoms with Gasteiger partial charge in [0.25, 0.3) is 0 Å². The maximum Gasteiger partial charge on any atom is 0.338 e. The van der Waals surface area contributed by atoms with Crippen molar-refractivity contribution in [1.82, 2.24) is 0 Å². The van der Waals surface area contributed by atoms with Crippen LogP contribution in [-0.4, -0.2) is 19.2 Å². The van der Waals surface area contributed by atoms with E-state index in [2.05, 4.69) is 15.9 Å². The Balaban J connectivity index is 1.80. The van der Waals surface area contributed by atoms with Gasteiger partial charge in [0, 0.05) is 15.8 Å². The van der Waals surface area contributed by atoms with Gasteiger partial charge in [-0.1, -0.05) is 15.9 Å². The van der Waals surface area contributed by atoms with Crippen LogP contribution in [0.2, 0.25) is 0 Å². The summed E-state index contributed by atoms with van der Waals surface area (Å²) in [4.78, 5) is 11.8. The van der Waals surface area contributed by atoms with Gasteiger partial charge in [-0.3, -0.25) is 0 Å². The van der Waals surface area contributed by atoms with E-state index in [0.717, 1.165) is 4.47 Å². The molecule has 0 aliphatic heterocycles. The highest BCUT2D eigenvalue weighted by Crippen LogP contribution is 2.16. The summed E-state index contributed by atoms with van der Waals surface area (Å²) in [5.74, 6) is 0.232. The molecule has 21 heavy (non-hydrogen) atoms. The number of ether oxygens (including phenoxy) is 2. The summed E-state index contributed by atoms with van der Waals surface area (Å²) >= 11 is 3.34. The molecule has 110 valence electrons. The standard InChI is InChI=1S/C15H15BrN2O3/c16-11-1-3-14(4-2-11)20-5-6-21-15(19)10-7-12(17)9-13(18)8-10/h1-4,7-9H,5-6,17-18H2. The predicted octanol–water partition coefficient (Wildman–Crippen LogP) is 2.85. The van der Waals surface area contributed by atoms with Gasteiger partial charge in [-0.05, 0) is 42.5 Å². The lowest BCUT2D eigenvalue weighted by molar-refractivity contribution is 0.0450. The molecule has 0 atom stereocenters. The van der Waals surface area contributed by atoms with E-state index >= 15 is 0 Å². The van der Waals surface area contributed by atoms with Crippen LogP contribution in [0.4, 0.5) is 11.4 Å². The van der Waals surface area contributed by atoms with E-state index < -0.39 is 5.97 Å². The highest BCUT2D eigenvalue weighted by Gasteiger charge is 2.08. The van der Waals surface area contributed by atoms with Crippen LogP contribution in [-0.2, 0) is 4.74 Å². The van der Waals surface area contributed by atoms with Crippen molar-refractivity contribution in [2.24, 2.45) is 0 Å². The van der Waals surface area contributed by atoms with Crippen LogP contribution in [0.15, 0.2) is 46.9 Å². The third-order valence-electron chi connectivity index (χ3n) is 2.61. The Labute approximate surface area is 131 Å². The number of benzene rings is 2. The van der Waals surface area contributed by atoms with Crippen molar-refractivity contribution in [2.75, 3.05) is 24.7 Å². The van der Waals surface area contributed by atoms with Crippen molar-refractivity contribution in [3.63, 3.8) is 0 Å². The zero-order valence-electron chi connectivity index (χ0n) is 11.2. The molecule has 0 heterocycles. The van der Waals surface area contributed by atoms with E-state index in [1.807, 2.05) is 24.3 Å². The SMILES string of the molecule is Nc1cc(N)cc(C(=O)OCCOc2ccc(Br)cc2)c1. The Bertz CT molecular complexity index is 609. The number of rotatable bonds is 5. The van der Waals surface area contributed by atoms with Crippen molar-refractivity contribution in [1.29, 1.82) is 0 Å². The van der Waals surface area contributed by atoms with Gasteiger partial charge in [-0.15, -0.1) is 0 Å². The first kappa shape index (κ1) is 15.2. The maximum absolute atomic E-state index is 11.8. The van der Waals surface area contributed by atoms with Crippen molar-refractivity contribution in [3.05, 3.63) is 52.5 Å². The number of carbonyl (C=O) groups excluding carboxylic acids is 1. The molecule has 2 aromatic rings. The minimum absolute atomic E-state index is 0.142. The van der Waals surface area contributed by atoms with Gasteiger partial charge in [-0.25, -0.2) is 4.79 Å². The molecular weight excluding hydrogens is 336 g/mol. The maximum atomic E-state index is 11.8. The first-order valence-corrected chi connectivity index (χ1v) is 7.05. The van der Waals surface area contributed by atoms with Crippen molar-refractivity contribution >= 4 is 33.3 Å². The van der Waals surface area contributed by atoms with Crippen molar-refractivity contribution in [2.45, 2.75) is 0 Å². The number of nitrogens with two attached hydrogens (primary N) is 2. The molecule has 0 amide bonds. The van der Waals surface area contributed by atoms with Crippen LogP contribution in [0.25, 0.3) is 0 Å². The number of hydrogen-bond donors (Lipinski definition) is 2. The van der Waals surface area contributed by atoms with Crippen LogP contribution in [0.3, 0.4) is 0 Å². The summed E-state index contributed by atoms with van der Waals surface area (Å²) < 4.78 is 11.5. The monoisotopic (exact) mass is 350 g/mol. The summed E-state index contributed by atoms with van der Waals surface area (Å²) in [6.45, 7) is 0.411. The largest absolute Gasteiger partial charge is 0.490 e. The van der Waals surface area contributed by atoms with E-state index in [-0.39, 0.29) is 13.2 Å². The topological polar surface area (TPSA) is 87.6 Å². The molecule has 0 bridgehead atoms. The van der Waals surface area contributed by atoms with Gasteiger partial charge in [0.05, 0.1) is 5.56 Å². The third-order valence-corrected chi connectivity index (χ3v) is 3.14. The molecule has 0 saturated heterocycles. The molecule has 0 aliphatic rings. The zero-order chi connectivity index (χ0) is 15.2. The highest BCUT2D eigenvalue weighted by atomic mass is 79.9. The first-order valence-electron chi connectivity index (χ1n) is 6.26. The summed E-state index contributed by atoms with van der Waals surface area (Å²) in [7, 11) is 0. The summed E-state index contributed by atoms with van der Waals surface area (Å²) in [5.41, 5.74) is 12.4. The van der Waals surface area contributed by atoms with E-state index in [1.165, 1.54) is 12.1 Å². The summed E-state index contributed by atoms with van der Waals surface area (Å²) in [6.07, 6.45) is 0. The summed E-state index contributed by atoms with van der Waals surface area (Å²) in [6, 6.07) is 12.0. The first-order chi connectivity index (χ1) is 10.0. The second kappa shape index (κ2) is 6.99. The molecule has 0 fully saturated rings. The third kappa shape index (κ3) is 4.68. The average Bonchev–Trinajstić information content (AvgIpc) is 2.44. The number of carbonyl (C=O) groups is 1. The number of hydrogen-bond acceptors (Lipinski definition) is 5. The van der Waals surface area contributed by atoms with E-state index in [1.54, 1.807) is 6.07 Å². The van der Waals surface area contributed by atoms with Crippen LogP contribution < -0.4 is 16.2 Å². The van der Waals surface area contributed by atoms with Gasteiger partial charge in [0.1, 0.15) is 19.0 Å². The summed E-state index contributed by atoms with van der Waals surface area (Å²) in [5, 5.41) is 0. The number of halogens is 1. The molecule has 0 aliphatic carbocycles. The fraction of sp³-hybridized carbons (Fsp3) is 0.133. The Kier molecular flexibility index (Phi) is 5.05. The molecule has 0 spiro atoms. The van der Waals surface area contributed by atoms with E-state index in [4.69, 9.17) is 20.9 Å². The quantitative estimate of drug-likeness (QED) is 0.491.